The number of nitrogens with two attached hydrogens (primary N) is 1. The second kappa shape index (κ2) is 5.25. The third-order valence-corrected chi connectivity index (χ3v) is 4.04. The molecule has 78 valence electrons. The first-order valence-electron chi connectivity index (χ1n) is 3.96. The second-order valence-corrected chi connectivity index (χ2v) is 6.50. The van der Waals surface area contributed by atoms with E-state index in [2.05, 4.69) is 31.9 Å². The first kappa shape index (κ1) is 12.2. The molecule has 14 heavy (non-hydrogen) atoms. The molecule has 0 aliphatic rings. The third kappa shape index (κ3) is 2.79. The molecule has 0 unspecified atom stereocenters. The summed E-state index contributed by atoms with van der Waals surface area (Å²) in [6.07, 6.45) is 0. The average Bonchev–Trinajstić information content (AvgIpc) is 2.44. The molecule has 0 fully saturated rings. The summed E-state index contributed by atoms with van der Waals surface area (Å²) < 4.78 is 1.78. The molecule has 1 rings (SSSR count). The van der Waals surface area contributed by atoms with Crippen LogP contribution >= 0.6 is 43.2 Å². The number of rotatable bonds is 3. The number of hydrogen-bond acceptors (Lipinski definition) is 3. The van der Waals surface area contributed by atoms with E-state index in [1.807, 2.05) is 6.07 Å². The molecule has 0 spiro atoms. The molecule has 6 heteroatoms. The quantitative estimate of drug-likeness (QED) is 0.916. The fraction of sp³-hybridized carbons (Fsp3) is 0.375. The van der Waals surface area contributed by atoms with Crippen molar-refractivity contribution >= 4 is 49.1 Å². The minimum Gasteiger partial charge on any atom is -0.340 e. The largest absolute Gasteiger partial charge is 0.340 e. The van der Waals surface area contributed by atoms with Gasteiger partial charge in [-0.1, -0.05) is 0 Å². The fourth-order valence-electron chi connectivity index (χ4n) is 0.987. The van der Waals surface area contributed by atoms with Gasteiger partial charge in [0.25, 0.3) is 5.91 Å². The van der Waals surface area contributed by atoms with Gasteiger partial charge < -0.3 is 10.6 Å². The first-order valence-corrected chi connectivity index (χ1v) is 6.37. The van der Waals surface area contributed by atoms with E-state index in [0.717, 1.165) is 7.57 Å². The van der Waals surface area contributed by atoms with Crippen molar-refractivity contribution in [3.63, 3.8) is 0 Å². The Kier molecular flexibility index (Phi) is 4.56. The van der Waals surface area contributed by atoms with E-state index in [-0.39, 0.29) is 5.91 Å². The third-order valence-electron chi connectivity index (χ3n) is 1.70. The lowest BCUT2D eigenvalue weighted by Crippen LogP contribution is -2.31. The van der Waals surface area contributed by atoms with Crippen LogP contribution in [0.3, 0.4) is 0 Å². The molecule has 1 heterocycles. The Morgan fingerprint density at radius 1 is 1.64 bits per heavy atom. The van der Waals surface area contributed by atoms with Gasteiger partial charge in [0.1, 0.15) is 0 Å². The highest BCUT2D eigenvalue weighted by atomic mass is 79.9. The van der Waals surface area contributed by atoms with Crippen LogP contribution in [0.5, 0.6) is 0 Å². The van der Waals surface area contributed by atoms with Crippen LogP contribution in [0.25, 0.3) is 0 Å². The highest BCUT2D eigenvalue weighted by Gasteiger charge is 2.16. The topological polar surface area (TPSA) is 46.3 Å². The Morgan fingerprint density at radius 3 is 2.71 bits per heavy atom. The van der Waals surface area contributed by atoms with Gasteiger partial charge in [-0.05, 0) is 37.9 Å². The van der Waals surface area contributed by atoms with Gasteiger partial charge in [0.15, 0.2) is 0 Å². The van der Waals surface area contributed by atoms with Crippen LogP contribution in [0.4, 0.5) is 0 Å². The monoisotopic (exact) mass is 340 g/mol. The number of hydrogen-bond donors (Lipinski definition) is 1. The molecule has 0 radical (unpaired) electrons. The van der Waals surface area contributed by atoms with E-state index in [0.29, 0.717) is 18.7 Å². The van der Waals surface area contributed by atoms with Crippen LogP contribution in [0.2, 0.25) is 0 Å². The normalized spacial score (nSPS) is 10.3. The van der Waals surface area contributed by atoms with Gasteiger partial charge in [0.2, 0.25) is 0 Å². The zero-order valence-corrected chi connectivity index (χ0v) is 11.6. The number of nitrogens with zero attached hydrogens (tertiary/aromatic N) is 1. The summed E-state index contributed by atoms with van der Waals surface area (Å²) in [7, 11) is 1.74. The van der Waals surface area contributed by atoms with Crippen LogP contribution in [0.15, 0.2) is 13.6 Å². The predicted molar refractivity (Wildman–Crippen MR) is 65.7 cm³/mol. The molecular formula is C8H10Br2N2OS. The van der Waals surface area contributed by atoms with Crippen molar-refractivity contribution in [2.75, 3.05) is 20.1 Å². The van der Waals surface area contributed by atoms with E-state index in [1.165, 1.54) is 11.3 Å². The van der Waals surface area contributed by atoms with Crippen molar-refractivity contribution in [2.24, 2.45) is 5.73 Å². The fourth-order valence-corrected chi connectivity index (χ4v) is 3.76. The minimum absolute atomic E-state index is 0.00993. The highest BCUT2D eigenvalue weighted by molar-refractivity contribution is 9.12. The summed E-state index contributed by atoms with van der Waals surface area (Å²) in [4.78, 5) is 13.4. The van der Waals surface area contributed by atoms with Crippen molar-refractivity contribution in [2.45, 2.75) is 0 Å². The summed E-state index contributed by atoms with van der Waals surface area (Å²) in [5, 5.41) is 0. The van der Waals surface area contributed by atoms with Gasteiger partial charge in [0.05, 0.1) is 13.1 Å². The maximum Gasteiger partial charge on any atom is 0.255 e. The van der Waals surface area contributed by atoms with E-state index in [1.54, 1.807) is 11.9 Å². The van der Waals surface area contributed by atoms with Crippen molar-refractivity contribution in [1.82, 2.24) is 4.90 Å². The maximum atomic E-state index is 11.8. The maximum absolute atomic E-state index is 11.8. The Morgan fingerprint density at radius 2 is 2.29 bits per heavy atom. The number of amides is 1. The van der Waals surface area contributed by atoms with Gasteiger partial charge in [-0.2, -0.15) is 0 Å². The summed E-state index contributed by atoms with van der Waals surface area (Å²) in [6.45, 7) is 1.05. The molecular weight excluding hydrogens is 332 g/mol. The lowest BCUT2D eigenvalue weighted by molar-refractivity contribution is 0.0799. The molecule has 2 N–H and O–H groups in total. The Hall–Kier alpha value is 0.0900. The number of halogens is 2. The number of thiophene rings is 1. The Balaban J connectivity index is 2.83. The van der Waals surface area contributed by atoms with E-state index in [9.17, 15) is 4.79 Å². The van der Waals surface area contributed by atoms with Crippen LogP contribution in [0.1, 0.15) is 10.4 Å². The molecule has 1 aromatic rings. The van der Waals surface area contributed by atoms with Gasteiger partial charge >= 0.3 is 0 Å². The predicted octanol–water partition coefficient (Wildman–Crippen LogP) is 2.30. The van der Waals surface area contributed by atoms with Crippen LogP contribution in [-0.2, 0) is 0 Å². The van der Waals surface area contributed by atoms with E-state index < -0.39 is 0 Å². The van der Waals surface area contributed by atoms with Gasteiger partial charge in [-0.15, -0.1) is 11.3 Å². The number of likely N-dealkylation sites (N-methyl/N-ethyl adjacent to an activating group) is 1. The lowest BCUT2D eigenvalue weighted by Gasteiger charge is -2.15. The van der Waals surface area contributed by atoms with Crippen LogP contribution < -0.4 is 5.73 Å². The Labute approximate surface area is 104 Å². The minimum atomic E-state index is -0.00993. The van der Waals surface area contributed by atoms with Crippen molar-refractivity contribution < 1.29 is 4.79 Å². The molecule has 0 aliphatic carbocycles. The average molecular weight is 342 g/mol. The Bertz CT molecular complexity index is 340. The summed E-state index contributed by atoms with van der Waals surface area (Å²) in [6, 6.07) is 1.81. The van der Waals surface area contributed by atoms with E-state index in [4.69, 9.17) is 5.73 Å². The number of carbonyl (C=O) groups excluding carboxylic acids is 1. The summed E-state index contributed by atoms with van der Waals surface area (Å²) in [5.41, 5.74) is 6.05. The van der Waals surface area contributed by atoms with Gasteiger partial charge in [0, 0.05) is 20.1 Å². The van der Waals surface area contributed by atoms with Gasteiger partial charge in [-0.3, -0.25) is 4.79 Å². The van der Waals surface area contributed by atoms with Crippen molar-refractivity contribution in [3.05, 3.63) is 19.2 Å². The molecule has 0 aliphatic heterocycles. The second-order valence-electron chi connectivity index (χ2n) is 2.75. The molecule has 0 saturated heterocycles. The molecule has 3 nitrogen and oxygen atoms in total. The molecule has 0 saturated carbocycles. The summed E-state index contributed by atoms with van der Waals surface area (Å²) >= 11 is 8.17. The van der Waals surface area contributed by atoms with Gasteiger partial charge in [-0.25, -0.2) is 0 Å². The highest BCUT2D eigenvalue weighted by Crippen LogP contribution is 2.32. The molecule has 0 atom stereocenters. The molecule has 0 aromatic carbocycles. The number of carbonyl (C=O) groups is 1. The molecule has 1 amide bonds. The summed E-state index contributed by atoms with van der Waals surface area (Å²) in [5.74, 6) is -0.00993. The standard InChI is InChI=1S/C8H10Br2N2OS/c1-12(3-2-11)8(13)5-4-6(9)14-7(5)10/h4H,2-3,11H2,1H3. The first-order chi connectivity index (χ1) is 6.56. The smallest absolute Gasteiger partial charge is 0.255 e. The van der Waals surface area contributed by atoms with E-state index >= 15 is 0 Å². The van der Waals surface area contributed by atoms with Crippen LogP contribution in [0, 0.1) is 0 Å². The van der Waals surface area contributed by atoms with Crippen molar-refractivity contribution in [1.29, 1.82) is 0 Å². The zero-order valence-electron chi connectivity index (χ0n) is 7.59. The van der Waals surface area contributed by atoms with Crippen LogP contribution in [-0.4, -0.2) is 30.9 Å². The SMILES string of the molecule is CN(CCN)C(=O)c1cc(Br)sc1Br. The van der Waals surface area contributed by atoms with Crippen molar-refractivity contribution in [3.8, 4) is 0 Å². The molecule has 1 aromatic heterocycles. The zero-order chi connectivity index (χ0) is 10.7. The molecule has 0 bridgehead atoms. The lowest BCUT2D eigenvalue weighted by atomic mass is 10.3.